The summed E-state index contributed by atoms with van der Waals surface area (Å²) in [6.45, 7) is 3.69. The fourth-order valence-corrected chi connectivity index (χ4v) is 5.76. The van der Waals surface area contributed by atoms with Crippen molar-refractivity contribution in [2.45, 2.75) is 37.3 Å². The summed E-state index contributed by atoms with van der Waals surface area (Å²) in [7, 11) is 3.13. The number of nitrogens with zero attached hydrogens (tertiary/aromatic N) is 1. The zero-order valence-electron chi connectivity index (χ0n) is 18.2. The van der Waals surface area contributed by atoms with Gasteiger partial charge in [-0.25, -0.2) is 0 Å². The molecule has 4 rings (SSSR count). The average Bonchev–Trinajstić information content (AvgIpc) is 2.68. The predicted octanol–water partition coefficient (Wildman–Crippen LogP) is 0.699. The molecular weight excluding hydrogens is 416 g/mol. The summed E-state index contributed by atoms with van der Waals surface area (Å²) < 4.78 is 0. The molecule has 0 saturated heterocycles. The van der Waals surface area contributed by atoms with Crippen LogP contribution in [0.2, 0.25) is 0 Å². The van der Waals surface area contributed by atoms with Crippen molar-refractivity contribution in [1.82, 2.24) is 4.90 Å². The number of carbonyl (C=O) groups is 3. The Kier molecular flexibility index (Phi) is 4.59. The molecule has 0 spiro atoms. The average molecular weight is 442 g/mol. The van der Waals surface area contributed by atoms with Crippen LogP contribution in [0.4, 0.5) is 0 Å². The highest BCUT2D eigenvalue weighted by Gasteiger charge is 2.66. The molecular formula is C23H26N2O7. The minimum atomic E-state index is -2.63. The Balaban J connectivity index is 2.05. The lowest BCUT2D eigenvalue weighted by atomic mass is 9.52. The summed E-state index contributed by atoms with van der Waals surface area (Å²) in [6.07, 6.45) is 0.0500. The number of fused-ring (bicyclic) bond motifs is 3. The number of phenolic OH excluding ortho intramolecular Hbond substituents is 1. The number of likely N-dealkylation sites (N-methyl/N-ethyl adjacent to an activating group) is 1. The number of rotatable bonds is 2. The van der Waals surface area contributed by atoms with Crippen molar-refractivity contribution < 1.29 is 34.8 Å². The van der Waals surface area contributed by atoms with Crippen molar-refractivity contribution >= 4 is 23.2 Å². The molecule has 3 aliphatic carbocycles. The first kappa shape index (κ1) is 22.0. The van der Waals surface area contributed by atoms with E-state index in [1.165, 1.54) is 11.0 Å². The van der Waals surface area contributed by atoms with Gasteiger partial charge in [0.15, 0.2) is 11.4 Å². The Morgan fingerprint density at radius 3 is 2.34 bits per heavy atom. The Morgan fingerprint density at radius 2 is 1.78 bits per heavy atom. The zero-order chi connectivity index (χ0) is 23.9. The summed E-state index contributed by atoms with van der Waals surface area (Å²) in [6, 6.07) is 3.65. The van der Waals surface area contributed by atoms with E-state index in [0.29, 0.717) is 5.56 Å². The largest absolute Gasteiger partial charge is 0.508 e. The van der Waals surface area contributed by atoms with Gasteiger partial charge in [-0.3, -0.25) is 19.3 Å². The van der Waals surface area contributed by atoms with Gasteiger partial charge in [0.25, 0.3) is 5.91 Å². The zero-order valence-corrected chi connectivity index (χ0v) is 18.2. The van der Waals surface area contributed by atoms with Gasteiger partial charge < -0.3 is 26.2 Å². The van der Waals surface area contributed by atoms with E-state index in [1.54, 1.807) is 26.2 Å². The lowest BCUT2D eigenvalue weighted by Gasteiger charge is -2.53. The topological polar surface area (TPSA) is 161 Å². The molecule has 1 saturated carbocycles. The van der Waals surface area contributed by atoms with E-state index in [-0.39, 0.29) is 23.3 Å². The number of amides is 1. The van der Waals surface area contributed by atoms with Gasteiger partial charge in [0.05, 0.1) is 11.6 Å². The molecule has 1 aromatic carbocycles. The predicted molar refractivity (Wildman–Crippen MR) is 114 cm³/mol. The van der Waals surface area contributed by atoms with Gasteiger partial charge in [-0.05, 0) is 37.6 Å². The van der Waals surface area contributed by atoms with Crippen LogP contribution in [-0.4, -0.2) is 68.5 Å². The van der Waals surface area contributed by atoms with Crippen molar-refractivity contribution in [3.05, 3.63) is 46.2 Å². The molecule has 1 fully saturated rings. The normalized spacial score (nSPS) is 31.4. The summed E-state index contributed by atoms with van der Waals surface area (Å²) in [4.78, 5) is 40.3. The van der Waals surface area contributed by atoms with E-state index in [2.05, 4.69) is 0 Å². The summed E-state index contributed by atoms with van der Waals surface area (Å²) in [5, 5.41) is 43.8. The maximum atomic E-state index is 13.8. The Labute approximate surface area is 184 Å². The second-order valence-corrected chi connectivity index (χ2v) is 9.53. The molecule has 9 nitrogen and oxygen atoms in total. The van der Waals surface area contributed by atoms with Crippen molar-refractivity contribution in [2.24, 2.45) is 17.6 Å². The third-order valence-electron chi connectivity index (χ3n) is 7.36. The molecule has 6 N–H and O–H groups in total. The fourth-order valence-electron chi connectivity index (χ4n) is 5.76. The maximum absolute atomic E-state index is 13.8. The fraction of sp³-hybridized carbons (Fsp3) is 0.435. The van der Waals surface area contributed by atoms with Crippen molar-refractivity contribution in [3.8, 4) is 5.75 Å². The second-order valence-electron chi connectivity index (χ2n) is 9.53. The van der Waals surface area contributed by atoms with E-state index < -0.39 is 63.5 Å². The quantitative estimate of drug-likeness (QED) is 0.418. The van der Waals surface area contributed by atoms with Crippen LogP contribution in [0.1, 0.15) is 31.4 Å². The van der Waals surface area contributed by atoms with Gasteiger partial charge in [-0.2, -0.15) is 0 Å². The van der Waals surface area contributed by atoms with Gasteiger partial charge in [-0.1, -0.05) is 26.0 Å². The lowest BCUT2D eigenvalue weighted by molar-refractivity contribution is -0.154. The number of hydrogen-bond donors (Lipinski definition) is 5. The molecule has 9 heteroatoms. The van der Waals surface area contributed by atoms with Gasteiger partial charge >= 0.3 is 0 Å². The van der Waals surface area contributed by atoms with Crippen LogP contribution in [0.3, 0.4) is 0 Å². The van der Waals surface area contributed by atoms with Crippen LogP contribution in [0.25, 0.3) is 5.76 Å². The van der Waals surface area contributed by atoms with E-state index >= 15 is 0 Å². The molecule has 0 radical (unpaired) electrons. The number of ketones is 2. The summed E-state index contributed by atoms with van der Waals surface area (Å²) in [5.74, 6) is -6.60. The number of primary amides is 1. The number of Topliss-reactive ketones (excluding diaryl/α,β-unsaturated/α-hetero) is 2. The second kappa shape index (κ2) is 6.66. The number of aliphatic hydroxyl groups excluding tert-OH is 2. The number of phenols is 1. The summed E-state index contributed by atoms with van der Waals surface area (Å²) >= 11 is 0. The standard InChI is InChI=1S/C23H26N2O7/c1-22(2)9-6-5-7-12(26)13(9)17(27)14-10(22)8-11-16(25(3)4)18(28)15(21(24)31)20(30)23(11,32)19(14)29/h5-7,10-11,16,26-27,30,32H,8H2,1-4H3,(H2,24,31)/t10?,11?,16-,23-/m0/s1. The first-order valence-electron chi connectivity index (χ1n) is 10.2. The van der Waals surface area contributed by atoms with E-state index in [4.69, 9.17) is 5.73 Å². The number of benzene rings is 1. The molecule has 3 aliphatic rings. The van der Waals surface area contributed by atoms with Crippen LogP contribution in [-0.2, 0) is 19.8 Å². The molecule has 1 amide bonds. The van der Waals surface area contributed by atoms with Gasteiger partial charge in [0, 0.05) is 17.4 Å². The number of aromatic hydroxyl groups is 1. The minimum absolute atomic E-state index is 0.0500. The molecule has 0 aliphatic heterocycles. The van der Waals surface area contributed by atoms with Crippen LogP contribution >= 0.6 is 0 Å². The Hall–Kier alpha value is -3.17. The number of nitrogens with two attached hydrogens (primary N) is 1. The van der Waals surface area contributed by atoms with Crippen molar-refractivity contribution in [2.75, 3.05) is 14.1 Å². The molecule has 1 aromatic rings. The van der Waals surface area contributed by atoms with Crippen molar-refractivity contribution in [3.63, 3.8) is 0 Å². The van der Waals surface area contributed by atoms with Gasteiger partial charge in [-0.15, -0.1) is 0 Å². The van der Waals surface area contributed by atoms with Crippen molar-refractivity contribution in [1.29, 1.82) is 0 Å². The van der Waals surface area contributed by atoms with Gasteiger partial charge in [0.1, 0.15) is 22.8 Å². The summed E-state index contributed by atoms with van der Waals surface area (Å²) in [5.41, 5.74) is 1.61. The molecule has 4 atom stereocenters. The van der Waals surface area contributed by atoms with E-state index in [9.17, 15) is 34.8 Å². The lowest BCUT2D eigenvalue weighted by Crippen LogP contribution is -2.66. The first-order valence-corrected chi connectivity index (χ1v) is 10.2. The molecule has 0 aromatic heterocycles. The van der Waals surface area contributed by atoms with Gasteiger partial charge in [0.2, 0.25) is 5.78 Å². The van der Waals surface area contributed by atoms with Crippen LogP contribution in [0, 0.1) is 11.8 Å². The SMILES string of the molecule is CN(C)[C@@H]1C(=O)C(C(N)=O)=C(O)[C@@]2(O)C(=O)C3=C(O)c4c(O)cccc4C(C)(C)C3CC12. The monoisotopic (exact) mass is 442 g/mol. The number of hydrogen-bond acceptors (Lipinski definition) is 8. The molecule has 170 valence electrons. The van der Waals surface area contributed by atoms with Crippen LogP contribution < -0.4 is 5.73 Å². The molecule has 0 heterocycles. The molecule has 2 unspecified atom stereocenters. The molecule has 0 bridgehead atoms. The highest BCUT2D eigenvalue weighted by atomic mass is 16.3. The third-order valence-corrected chi connectivity index (χ3v) is 7.36. The van der Waals surface area contributed by atoms with E-state index in [0.717, 1.165) is 0 Å². The van der Waals surface area contributed by atoms with Crippen LogP contribution in [0.15, 0.2) is 35.1 Å². The minimum Gasteiger partial charge on any atom is -0.508 e. The third kappa shape index (κ3) is 2.49. The van der Waals surface area contributed by atoms with E-state index in [1.807, 2.05) is 13.8 Å². The highest BCUT2D eigenvalue weighted by molar-refractivity contribution is 6.24. The number of carbonyl (C=O) groups excluding carboxylic acids is 3. The Morgan fingerprint density at radius 1 is 1.16 bits per heavy atom. The smallest absolute Gasteiger partial charge is 0.255 e. The highest BCUT2D eigenvalue weighted by Crippen LogP contribution is 2.57. The Bertz CT molecular complexity index is 1150. The van der Waals surface area contributed by atoms with Crippen LogP contribution in [0.5, 0.6) is 5.75 Å². The first-order chi connectivity index (χ1) is 14.8. The number of aliphatic hydroxyl groups is 3. The maximum Gasteiger partial charge on any atom is 0.255 e. The molecule has 32 heavy (non-hydrogen) atoms.